The van der Waals surface area contributed by atoms with Gasteiger partial charge in [0, 0.05) is 12.2 Å². The number of rotatable bonds is 5. The Hall–Kier alpha value is -0.610. The van der Waals surface area contributed by atoms with Crippen LogP contribution in [0.5, 0.6) is 0 Å². The van der Waals surface area contributed by atoms with Crippen LogP contribution in [0.3, 0.4) is 0 Å². The smallest absolute Gasteiger partial charge is 0.185 e. The standard InChI is InChI=1S/C14H17Cl2NO2/c1-2-19-9-14(6-3-7-17-14)13(18)10-4-5-11(15)12(16)8-10/h4-5,8,17H,2-3,6-7,9H2,1H3. The monoisotopic (exact) mass is 301 g/mol. The van der Waals surface area contributed by atoms with Gasteiger partial charge < -0.3 is 10.1 Å². The maximum atomic E-state index is 12.7. The van der Waals surface area contributed by atoms with Gasteiger partial charge in [-0.3, -0.25) is 4.79 Å². The van der Waals surface area contributed by atoms with Crippen molar-refractivity contribution in [1.82, 2.24) is 5.32 Å². The minimum atomic E-state index is -0.618. The topological polar surface area (TPSA) is 38.3 Å². The maximum Gasteiger partial charge on any atom is 0.185 e. The maximum absolute atomic E-state index is 12.7. The molecule has 0 saturated carbocycles. The van der Waals surface area contributed by atoms with E-state index < -0.39 is 5.54 Å². The van der Waals surface area contributed by atoms with E-state index in [1.165, 1.54) is 0 Å². The van der Waals surface area contributed by atoms with Gasteiger partial charge in [-0.1, -0.05) is 23.2 Å². The van der Waals surface area contributed by atoms with Gasteiger partial charge in [-0.05, 0) is 44.5 Å². The van der Waals surface area contributed by atoms with Gasteiger partial charge in [-0.2, -0.15) is 0 Å². The van der Waals surface area contributed by atoms with Crippen molar-refractivity contribution in [3.8, 4) is 0 Å². The number of ketones is 1. The SMILES string of the molecule is CCOCC1(C(=O)c2ccc(Cl)c(Cl)c2)CCCN1. The Morgan fingerprint density at radius 2 is 2.21 bits per heavy atom. The summed E-state index contributed by atoms with van der Waals surface area (Å²) in [7, 11) is 0. The second-order valence-corrected chi connectivity index (χ2v) is 5.52. The summed E-state index contributed by atoms with van der Waals surface area (Å²) in [5.74, 6) is 0.0250. The molecule has 0 spiro atoms. The molecule has 3 nitrogen and oxygen atoms in total. The van der Waals surface area contributed by atoms with Crippen LogP contribution in [-0.4, -0.2) is 31.1 Å². The van der Waals surface area contributed by atoms with Gasteiger partial charge in [0.25, 0.3) is 0 Å². The Balaban J connectivity index is 2.26. The van der Waals surface area contributed by atoms with Crippen LogP contribution >= 0.6 is 23.2 Å². The van der Waals surface area contributed by atoms with Gasteiger partial charge in [0.2, 0.25) is 0 Å². The number of hydrogen-bond acceptors (Lipinski definition) is 3. The first-order valence-corrected chi connectivity index (χ1v) is 7.17. The Labute approximate surface area is 123 Å². The number of benzene rings is 1. The second kappa shape index (κ2) is 6.23. The second-order valence-electron chi connectivity index (χ2n) is 4.71. The van der Waals surface area contributed by atoms with E-state index >= 15 is 0 Å². The van der Waals surface area contributed by atoms with Crippen LogP contribution < -0.4 is 5.32 Å². The van der Waals surface area contributed by atoms with Crippen molar-refractivity contribution in [2.24, 2.45) is 0 Å². The van der Waals surface area contributed by atoms with Crippen molar-refractivity contribution in [3.63, 3.8) is 0 Å². The number of halogens is 2. The Morgan fingerprint density at radius 1 is 1.42 bits per heavy atom. The molecule has 0 radical (unpaired) electrons. The van der Waals surface area contributed by atoms with E-state index in [0.29, 0.717) is 28.8 Å². The quantitative estimate of drug-likeness (QED) is 0.848. The fourth-order valence-corrected chi connectivity index (χ4v) is 2.68. The number of Topliss-reactive ketones (excluding diaryl/α,β-unsaturated/α-hetero) is 1. The average Bonchev–Trinajstić information content (AvgIpc) is 2.89. The predicted molar refractivity (Wildman–Crippen MR) is 77.3 cm³/mol. The molecule has 1 aromatic rings. The third-order valence-electron chi connectivity index (χ3n) is 3.41. The molecular formula is C14H17Cl2NO2. The summed E-state index contributed by atoms with van der Waals surface area (Å²) in [6.45, 7) is 3.74. The number of nitrogens with one attached hydrogen (secondary N) is 1. The van der Waals surface area contributed by atoms with Crippen molar-refractivity contribution in [2.45, 2.75) is 25.3 Å². The summed E-state index contributed by atoms with van der Waals surface area (Å²) in [5, 5.41) is 4.14. The fraction of sp³-hybridized carbons (Fsp3) is 0.500. The van der Waals surface area contributed by atoms with E-state index in [2.05, 4.69) is 5.32 Å². The number of hydrogen-bond donors (Lipinski definition) is 1. The van der Waals surface area contributed by atoms with Crippen molar-refractivity contribution in [2.75, 3.05) is 19.8 Å². The Kier molecular flexibility index (Phi) is 4.85. The molecule has 0 aromatic heterocycles. The molecule has 1 unspecified atom stereocenters. The van der Waals surface area contributed by atoms with Crippen LogP contribution in [0, 0.1) is 0 Å². The van der Waals surface area contributed by atoms with Gasteiger partial charge in [0.15, 0.2) is 5.78 Å². The van der Waals surface area contributed by atoms with Gasteiger partial charge in [0.05, 0.1) is 16.7 Å². The molecule has 1 aliphatic heterocycles. The van der Waals surface area contributed by atoms with Crippen LogP contribution in [0.4, 0.5) is 0 Å². The molecule has 1 aromatic carbocycles. The van der Waals surface area contributed by atoms with Gasteiger partial charge >= 0.3 is 0 Å². The Morgan fingerprint density at radius 3 is 2.79 bits per heavy atom. The van der Waals surface area contributed by atoms with Crippen molar-refractivity contribution < 1.29 is 9.53 Å². The van der Waals surface area contributed by atoms with Crippen LogP contribution in [0.15, 0.2) is 18.2 Å². The van der Waals surface area contributed by atoms with E-state index in [1.54, 1.807) is 18.2 Å². The summed E-state index contributed by atoms with van der Waals surface area (Å²) >= 11 is 11.9. The number of carbonyl (C=O) groups is 1. The van der Waals surface area contributed by atoms with Crippen molar-refractivity contribution >= 4 is 29.0 Å². The minimum Gasteiger partial charge on any atom is -0.379 e. The largest absolute Gasteiger partial charge is 0.379 e. The van der Waals surface area contributed by atoms with Crippen molar-refractivity contribution in [3.05, 3.63) is 33.8 Å². The van der Waals surface area contributed by atoms with Crippen LogP contribution in [-0.2, 0) is 4.74 Å². The molecule has 1 fully saturated rings. The number of ether oxygens (including phenoxy) is 1. The van der Waals surface area contributed by atoms with E-state index in [0.717, 1.165) is 19.4 Å². The first kappa shape index (κ1) is 14.8. The lowest BCUT2D eigenvalue weighted by molar-refractivity contribution is 0.0603. The van der Waals surface area contributed by atoms with Crippen LogP contribution in [0.2, 0.25) is 10.0 Å². The molecule has 19 heavy (non-hydrogen) atoms. The molecule has 1 heterocycles. The zero-order chi connectivity index (χ0) is 13.9. The van der Waals surface area contributed by atoms with Crippen molar-refractivity contribution in [1.29, 1.82) is 0 Å². The van der Waals surface area contributed by atoms with Gasteiger partial charge in [-0.15, -0.1) is 0 Å². The molecule has 104 valence electrons. The molecule has 1 N–H and O–H groups in total. The highest BCUT2D eigenvalue weighted by Crippen LogP contribution is 2.28. The van der Waals surface area contributed by atoms with Gasteiger partial charge in [0.1, 0.15) is 5.54 Å². The van der Waals surface area contributed by atoms with Crippen LogP contribution in [0.25, 0.3) is 0 Å². The first-order valence-electron chi connectivity index (χ1n) is 6.42. The molecule has 0 amide bonds. The summed E-state index contributed by atoms with van der Waals surface area (Å²) in [4.78, 5) is 12.7. The summed E-state index contributed by atoms with van der Waals surface area (Å²) < 4.78 is 5.47. The van der Waals surface area contributed by atoms with E-state index in [1.807, 2.05) is 6.92 Å². The lowest BCUT2D eigenvalue weighted by Gasteiger charge is -2.27. The molecule has 1 atom stereocenters. The third-order valence-corrected chi connectivity index (χ3v) is 4.15. The molecule has 2 rings (SSSR count). The lowest BCUT2D eigenvalue weighted by atomic mass is 9.88. The summed E-state index contributed by atoms with van der Waals surface area (Å²) in [5.41, 5.74) is -0.0452. The van der Waals surface area contributed by atoms with E-state index in [4.69, 9.17) is 27.9 Å². The van der Waals surface area contributed by atoms with Crippen LogP contribution in [0.1, 0.15) is 30.1 Å². The zero-order valence-corrected chi connectivity index (χ0v) is 12.4. The molecular weight excluding hydrogens is 285 g/mol. The highest BCUT2D eigenvalue weighted by atomic mass is 35.5. The Bertz CT molecular complexity index is 471. The minimum absolute atomic E-state index is 0.0250. The fourth-order valence-electron chi connectivity index (χ4n) is 2.38. The third kappa shape index (κ3) is 3.11. The highest BCUT2D eigenvalue weighted by Gasteiger charge is 2.41. The lowest BCUT2D eigenvalue weighted by Crippen LogP contribution is -2.51. The summed E-state index contributed by atoms with van der Waals surface area (Å²) in [6, 6.07) is 4.99. The highest BCUT2D eigenvalue weighted by molar-refractivity contribution is 6.42. The average molecular weight is 302 g/mol. The normalized spacial score (nSPS) is 22.7. The number of carbonyl (C=O) groups excluding carboxylic acids is 1. The zero-order valence-electron chi connectivity index (χ0n) is 10.8. The summed E-state index contributed by atoms with van der Waals surface area (Å²) in [6.07, 6.45) is 1.76. The van der Waals surface area contributed by atoms with Gasteiger partial charge in [-0.25, -0.2) is 0 Å². The molecule has 1 saturated heterocycles. The first-order chi connectivity index (χ1) is 9.09. The predicted octanol–water partition coefficient (Wildman–Crippen LogP) is 3.33. The molecule has 0 aliphatic carbocycles. The van der Waals surface area contributed by atoms with E-state index in [-0.39, 0.29) is 5.78 Å². The molecule has 0 bridgehead atoms. The molecule has 5 heteroatoms. The van der Waals surface area contributed by atoms with E-state index in [9.17, 15) is 4.79 Å². The molecule has 1 aliphatic rings.